The van der Waals surface area contributed by atoms with Crippen LogP contribution in [0.5, 0.6) is 5.75 Å². The molecule has 0 saturated carbocycles. The van der Waals surface area contributed by atoms with Crippen molar-refractivity contribution in [2.45, 2.75) is 6.61 Å². The summed E-state index contributed by atoms with van der Waals surface area (Å²) < 4.78 is 12.7. The molecule has 0 atom stereocenters. The zero-order valence-corrected chi connectivity index (χ0v) is 13.6. The topological polar surface area (TPSA) is 78.9 Å². The molecule has 0 spiro atoms. The molecule has 4 aromatic rings. The molecule has 0 amide bonds. The number of thiazole rings is 1. The molecule has 3 aromatic heterocycles. The second kappa shape index (κ2) is 6.25. The lowest BCUT2D eigenvalue weighted by atomic mass is 10.2. The van der Waals surface area contributed by atoms with Crippen molar-refractivity contribution in [1.29, 1.82) is 0 Å². The molecule has 24 heavy (non-hydrogen) atoms. The van der Waals surface area contributed by atoms with Crippen LogP contribution in [0.3, 0.4) is 0 Å². The minimum atomic E-state index is 0.413. The average molecular weight is 339 g/mol. The van der Waals surface area contributed by atoms with Crippen LogP contribution in [0.1, 0.15) is 5.69 Å². The first-order chi connectivity index (χ1) is 11.8. The van der Waals surface area contributed by atoms with Gasteiger partial charge in [-0.05, 0) is 24.3 Å². The molecule has 0 N–H and O–H groups in total. The molecule has 0 aliphatic heterocycles. The van der Waals surface area contributed by atoms with Gasteiger partial charge in [0.15, 0.2) is 0 Å². The zero-order chi connectivity index (χ0) is 16.4. The number of rotatable bonds is 5. The number of hydrogen-bond donors (Lipinski definition) is 0. The van der Waals surface area contributed by atoms with Crippen LogP contribution in [0.15, 0.2) is 52.9 Å². The Labute approximate surface area is 141 Å². The fourth-order valence-electron chi connectivity index (χ4n) is 2.19. The molecule has 4 rings (SSSR count). The Balaban J connectivity index is 1.41. The first kappa shape index (κ1) is 14.6. The van der Waals surface area contributed by atoms with E-state index in [-0.39, 0.29) is 0 Å². The second-order valence-corrected chi connectivity index (χ2v) is 5.96. The highest BCUT2D eigenvalue weighted by Gasteiger charge is 2.08. The number of hydrogen-bond acceptors (Lipinski definition) is 7. The first-order valence-corrected chi connectivity index (χ1v) is 8.09. The van der Waals surface area contributed by atoms with Gasteiger partial charge in [-0.15, -0.1) is 21.5 Å². The molecule has 8 heteroatoms. The molecule has 0 bridgehead atoms. The summed E-state index contributed by atoms with van der Waals surface area (Å²) in [5.41, 5.74) is 2.75. The zero-order valence-electron chi connectivity index (χ0n) is 12.8. The van der Waals surface area contributed by atoms with E-state index >= 15 is 0 Å². The van der Waals surface area contributed by atoms with Crippen LogP contribution >= 0.6 is 11.3 Å². The summed E-state index contributed by atoms with van der Waals surface area (Å²) in [5, 5.41) is 14.6. The summed E-state index contributed by atoms with van der Waals surface area (Å²) in [5.74, 6) is 1.25. The van der Waals surface area contributed by atoms with Gasteiger partial charge in [0, 0.05) is 29.8 Å². The molecular formula is C16H13N5O2S. The Kier molecular flexibility index (Phi) is 3.80. The Bertz CT molecular complexity index is 928. The summed E-state index contributed by atoms with van der Waals surface area (Å²) >= 11 is 1.58. The van der Waals surface area contributed by atoms with E-state index in [4.69, 9.17) is 9.15 Å². The highest BCUT2D eigenvalue weighted by atomic mass is 32.1. The third-order valence-corrected chi connectivity index (χ3v) is 4.29. The van der Waals surface area contributed by atoms with Crippen molar-refractivity contribution in [2.75, 3.05) is 0 Å². The van der Waals surface area contributed by atoms with Crippen molar-refractivity contribution in [2.24, 2.45) is 7.05 Å². The second-order valence-electron chi connectivity index (χ2n) is 5.10. The quantitative estimate of drug-likeness (QED) is 0.556. The van der Waals surface area contributed by atoms with Gasteiger partial charge in [0.25, 0.3) is 0 Å². The van der Waals surface area contributed by atoms with Gasteiger partial charge in [-0.25, -0.2) is 4.98 Å². The van der Waals surface area contributed by atoms with Crippen molar-refractivity contribution < 1.29 is 9.15 Å². The van der Waals surface area contributed by atoms with Crippen LogP contribution in [0.2, 0.25) is 0 Å². The predicted molar refractivity (Wildman–Crippen MR) is 88.4 cm³/mol. The molecule has 0 saturated heterocycles. The molecule has 1 aromatic carbocycles. The third kappa shape index (κ3) is 3.04. The average Bonchev–Trinajstić information content (AvgIpc) is 3.35. The van der Waals surface area contributed by atoms with Crippen LogP contribution in [-0.4, -0.2) is 25.0 Å². The highest BCUT2D eigenvalue weighted by Crippen LogP contribution is 2.24. The third-order valence-electron chi connectivity index (χ3n) is 3.35. The minimum Gasteiger partial charge on any atom is -0.487 e. The van der Waals surface area contributed by atoms with Gasteiger partial charge >= 0.3 is 0 Å². The maximum atomic E-state index is 5.78. The fraction of sp³-hybridized carbons (Fsp3) is 0.125. The first-order valence-electron chi connectivity index (χ1n) is 7.21. The van der Waals surface area contributed by atoms with Crippen molar-refractivity contribution >= 4 is 11.3 Å². The molecule has 0 unspecified atom stereocenters. The lowest BCUT2D eigenvalue weighted by molar-refractivity contribution is 0.302. The molecule has 0 aliphatic carbocycles. The lowest BCUT2D eigenvalue weighted by Gasteiger charge is -2.04. The Morgan fingerprint density at radius 3 is 2.79 bits per heavy atom. The summed E-state index contributed by atoms with van der Waals surface area (Å²) in [6, 6.07) is 7.50. The monoisotopic (exact) mass is 339 g/mol. The fourth-order valence-corrected chi connectivity index (χ4v) is 2.97. The minimum absolute atomic E-state index is 0.413. The van der Waals surface area contributed by atoms with Crippen molar-refractivity contribution in [3.05, 3.63) is 54.1 Å². The van der Waals surface area contributed by atoms with Crippen LogP contribution in [0.4, 0.5) is 0 Å². The van der Waals surface area contributed by atoms with E-state index in [0.717, 1.165) is 27.6 Å². The van der Waals surface area contributed by atoms with Crippen LogP contribution in [0, 0.1) is 0 Å². The number of aryl methyl sites for hydroxylation is 1. The van der Waals surface area contributed by atoms with Gasteiger partial charge in [-0.3, -0.25) is 4.68 Å². The Morgan fingerprint density at radius 2 is 2.08 bits per heavy atom. The van der Waals surface area contributed by atoms with E-state index in [9.17, 15) is 0 Å². The van der Waals surface area contributed by atoms with E-state index in [1.807, 2.05) is 42.9 Å². The van der Waals surface area contributed by atoms with Gasteiger partial charge in [-0.2, -0.15) is 5.10 Å². The van der Waals surface area contributed by atoms with E-state index in [1.165, 1.54) is 6.39 Å². The number of benzene rings is 1. The summed E-state index contributed by atoms with van der Waals surface area (Å²) in [7, 11) is 1.89. The molecule has 7 nitrogen and oxygen atoms in total. The Hall–Kier alpha value is -3.00. The van der Waals surface area contributed by atoms with Crippen LogP contribution in [0.25, 0.3) is 22.0 Å². The van der Waals surface area contributed by atoms with Gasteiger partial charge in [0.2, 0.25) is 12.3 Å². The summed E-state index contributed by atoms with van der Waals surface area (Å²) in [6.07, 6.45) is 5.06. The van der Waals surface area contributed by atoms with Crippen LogP contribution in [-0.2, 0) is 13.7 Å². The predicted octanol–water partition coefficient (Wildman–Crippen LogP) is 3.17. The lowest BCUT2D eigenvalue weighted by Crippen LogP contribution is -1.95. The largest absolute Gasteiger partial charge is 0.487 e. The van der Waals surface area contributed by atoms with E-state index in [0.29, 0.717) is 12.5 Å². The van der Waals surface area contributed by atoms with Crippen molar-refractivity contribution in [3.63, 3.8) is 0 Å². The molecule has 3 heterocycles. The molecule has 120 valence electrons. The van der Waals surface area contributed by atoms with Crippen molar-refractivity contribution in [1.82, 2.24) is 25.0 Å². The number of nitrogens with zero attached hydrogens (tertiary/aromatic N) is 5. The van der Waals surface area contributed by atoms with E-state index in [1.54, 1.807) is 22.2 Å². The van der Waals surface area contributed by atoms with Gasteiger partial charge < -0.3 is 9.15 Å². The van der Waals surface area contributed by atoms with Crippen molar-refractivity contribution in [3.8, 4) is 27.8 Å². The standard InChI is InChI=1S/C16H13N5O2S/c1-21-7-12(6-18-21)16-19-13(9-24-16)8-22-14-4-2-11(3-5-14)15-20-17-10-23-15/h2-7,9-10H,8H2,1H3. The summed E-state index contributed by atoms with van der Waals surface area (Å²) in [4.78, 5) is 4.57. The molecular weight excluding hydrogens is 326 g/mol. The van der Waals surface area contributed by atoms with Gasteiger partial charge in [0.1, 0.15) is 17.4 Å². The highest BCUT2D eigenvalue weighted by molar-refractivity contribution is 7.13. The number of ether oxygens (including phenoxy) is 1. The number of aromatic nitrogens is 5. The summed E-state index contributed by atoms with van der Waals surface area (Å²) in [6.45, 7) is 0.413. The Morgan fingerprint density at radius 1 is 1.21 bits per heavy atom. The molecule has 0 radical (unpaired) electrons. The van der Waals surface area contributed by atoms with E-state index in [2.05, 4.69) is 20.3 Å². The molecule has 0 aliphatic rings. The van der Waals surface area contributed by atoms with Crippen LogP contribution < -0.4 is 4.74 Å². The van der Waals surface area contributed by atoms with Gasteiger partial charge in [-0.1, -0.05) is 0 Å². The maximum absolute atomic E-state index is 5.78. The smallest absolute Gasteiger partial charge is 0.247 e. The maximum Gasteiger partial charge on any atom is 0.247 e. The van der Waals surface area contributed by atoms with E-state index < -0.39 is 0 Å². The normalized spacial score (nSPS) is 10.9. The molecule has 0 fully saturated rings. The van der Waals surface area contributed by atoms with Gasteiger partial charge in [0.05, 0.1) is 11.9 Å². The SMILES string of the molecule is Cn1cc(-c2nc(COc3ccc(-c4nnco4)cc3)cs2)cn1.